The van der Waals surface area contributed by atoms with Crippen LogP contribution in [0.3, 0.4) is 0 Å². The number of anilines is 2. The normalized spacial score (nSPS) is 13.5. The Balaban J connectivity index is 1.65. The first-order valence-electron chi connectivity index (χ1n) is 8.50. The summed E-state index contributed by atoms with van der Waals surface area (Å²) in [6.45, 7) is 1.23. The van der Waals surface area contributed by atoms with Crippen LogP contribution >= 0.6 is 27.5 Å². The number of nitrogens with zero attached hydrogens (tertiary/aromatic N) is 3. The van der Waals surface area contributed by atoms with Crippen LogP contribution in [0.4, 0.5) is 11.5 Å². The standard InChI is InChI=1S/C20H14BrClN4O/c21-12-6-7-15-16(11-12)25-19(24-15)13-3-1-5-17-18(13)27-10-9-26(17)20-14(22)4-2-8-23-20/h1-8,11H,9-10H2,(H,24,25). The third-order valence-electron chi connectivity index (χ3n) is 4.54. The van der Waals surface area contributed by atoms with Gasteiger partial charge in [0.15, 0.2) is 11.6 Å². The minimum absolute atomic E-state index is 0.544. The number of hydrogen-bond acceptors (Lipinski definition) is 4. The molecule has 134 valence electrons. The largest absolute Gasteiger partial charge is 0.489 e. The number of ether oxygens (including phenoxy) is 1. The van der Waals surface area contributed by atoms with Crippen LogP contribution in [0.2, 0.25) is 5.02 Å². The number of hydrogen-bond donors (Lipinski definition) is 1. The monoisotopic (exact) mass is 440 g/mol. The number of H-pyrrole nitrogens is 1. The lowest BCUT2D eigenvalue weighted by Gasteiger charge is -2.31. The highest BCUT2D eigenvalue weighted by atomic mass is 79.9. The molecule has 0 aliphatic carbocycles. The number of benzene rings is 2. The molecule has 7 heteroatoms. The Labute approximate surface area is 169 Å². The Morgan fingerprint density at radius 1 is 1.15 bits per heavy atom. The number of imidazole rings is 1. The van der Waals surface area contributed by atoms with E-state index in [4.69, 9.17) is 21.3 Å². The lowest BCUT2D eigenvalue weighted by atomic mass is 10.1. The Hall–Kier alpha value is -2.57. The number of nitrogens with one attached hydrogen (secondary N) is 1. The van der Waals surface area contributed by atoms with Crippen LogP contribution in [0.25, 0.3) is 22.4 Å². The van der Waals surface area contributed by atoms with E-state index in [2.05, 4.69) is 30.8 Å². The first kappa shape index (κ1) is 16.6. The molecule has 5 nitrogen and oxygen atoms in total. The van der Waals surface area contributed by atoms with Gasteiger partial charge >= 0.3 is 0 Å². The number of aromatic nitrogens is 3. The van der Waals surface area contributed by atoms with E-state index < -0.39 is 0 Å². The number of halogens is 2. The molecule has 0 fully saturated rings. The Morgan fingerprint density at radius 2 is 2.07 bits per heavy atom. The highest BCUT2D eigenvalue weighted by Gasteiger charge is 2.25. The number of pyridine rings is 1. The number of rotatable bonds is 2. The summed E-state index contributed by atoms with van der Waals surface area (Å²) < 4.78 is 7.05. The van der Waals surface area contributed by atoms with Gasteiger partial charge in [-0.05, 0) is 42.5 Å². The second-order valence-electron chi connectivity index (χ2n) is 6.21. The molecule has 0 atom stereocenters. The van der Waals surface area contributed by atoms with Crippen molar-refractivity contribution in [1.82, 2.24) is 15.0 Å². The lowest BCUT2D eigenvalue weighted by Crippen LogP contribution is -2.29. The van der Waals surface area contributed by atoms with E-state index in [0.29, 0.717) is 18.2 Å². The predicted octanol–water partition coefficient (Wildman–Crippen LogP) is 5.57. The fourth-order valence-corrected chi connectivity index (χ4v) is 3.92. The number of fused-ring (bicyclic) bond motifs is 2. The van der Waals surface area contributed by atoms with Gasteiger partial charge in [-0.1, -0.05) is 33.6 Å². The van der Waals surface area contributed by atoms with Crippen LogP contribution in [-0.2, 0) is 0 Å². The van der Waals surface area contributed by atoms with Gasteiger partial charge < -0.3 is 14.6 Å². The molecule has 0 saturated heterocycles. The Bertz CT molecular complexity index is 1160. The van der Waals surface area contributed by atoms with Crippen LogP contribution in [-0.4, -0.2) is 28.1 Å². The molecule has 1 N–H and O–H groups in total. The first-order valence-corrected chi connectivity index (χ1v) is 9.67. The third-order valence-corrected chi connectivity index (χ3v) is 5.33. The molecule has 5 rings (SSSR count). The van der Waals surface area contributed by atoms with E-state index in [9.17, 15) is 0 Å². The van der Waals surface area contributed by atoms with Gasteiger partial charge in [-0.15, -0.1) is 0 Å². The van der Waals surface area contributed by atoms with Gasteiger partial charge in [0.05, 0.1) is 33.9 Å². The summed E-state index contributed by atoms with van der Waals surface area (Å²) in [4.78, 5) is 14.7. The average molecular weight is 442 g/mol. The lowest BCUT2D eigenvalue weighted by molar-refractivity contribution is 0.315. The van der Waals surface area contributed by atoms with Gasteiger partial charge in [0.2, 0.25) is 0 Å². The van der Waals surface area contributed by atoms with E-state index in [1.165, 1.54) is 0 Å². The molecular formula is C20H14BrClN4O. The summed E-state index contributed by atoms with van der Waals surface area (Å²) in [5, 5.41) is 0.615. The Kier molecular flexibility index (Phi) is 4.02. The van der Waals surface area contributed by atoms with Gasteiger partial charge in [-0.3, -0.25) is 0 Å². The van der Waals surface area contributed by atoms with Crippen molar-refractivity contribution in [1.29, 1.82) is 0 Å². The highest BCUT2D eigenvalue weighted by molar-refractivity contribution is 9.10. The van der Waals surface area contributed by atoms with Gasteiger partial charge in [0, 0.05) is 10.7 Å². The minimum atomic E-state index is 0.544. The molecule has 2 aromatic heterocycles. The zero-order chi connectivity index (χ0) is 18.4. The highest BCUT2D eigenvalue weighted by Crippen LogP contribution is 2.43. The molecular weight excluding hydrogens is 428 g/mol. The van der Waals surface area contributed by atoms with Crippen LogP contribution in [0, 0.1) is 0 Å². The maximum Gasteiger partial charge on any atom is 0.154 e. The molecule has 0 bridgehead atoms. The molecule has 3 heterocycles. The molecule has 4 aromatic rings. The van der Waals surface area contributed by atoms with Crippen molar-refractivity contribution < 1.29 is 4.74 Å². The first-order chi connectivity index (χ1) is 13.2. The summed E-state index contributed by atoms with van der Waals surface area (Å²) in [7, 11) is 0. The number of para-hydroxylation sites is 1. The van der Waals surface area contributed by atoms with Crippen molar-refractivity contribution in [3.05, 3.63) is 64.2 Å². The molecule has 0 unspecified atom stereocenters. The van der Waals surface area contributed by atoms with Crippen molar-refractivity contribution in [2.24, 2.45) is 0 Å². The number of aromatic amines is 1. The van der Waals surface area contributed by atoms with E-state index >= 15 is 0 Å². The molecule has 27 heavy (non-hydrogen) atoms. The van der Waals surface area contributed by atoms with Crippen molar-refractivity contribution in [3.8, 4) is 17.1 Å². The van der Waals surface area contributed by atoms with Crippen LogP contribution in [0.1, 0.15) is 0 Å². The SMILES string of the molecule is Clc1cccnc1N1CCOc2c(-c3nc4ccc(Br)cc4[nH]3)cccc21. The molecule has 1 aliphatic heterocycles. The fraction of sp³-hybridized carbons (Fsp3) is 0.100. The maximum absolute atomic E-state index is 6.38. The smallest absolute Gasteiger partial charge is 0.154 e. The van der Waals surface area contributed by atoms with Crippen LogP contribution < -0.4 is 9.64 Å². The predicted molar refractivity (Wildman–Crippen MR) is 111 cm³/mol. The molecule has 0 amide bonds. The van der Waals surface area contributed by atoms with Gasteiger partial charge in [-0.2, -0.15) is 0 Å². The van der Waals surface area contributed by atoms with Gasteiger partial charge in [-0.25, -0.2) is 9.97 Å². The summed E-state index contributed by atoms with van der Waals surface area (Å²) in [6.07, 6.45) is 1.75. The summed E-state index contributed by atoms with van der Waals surface area (Å²) in [6, 6.07) is 15.7. The molecule has 0 spiro atoms. The molecule has 1 aliphatic rings. The summed E-state index contributed by atoms with van der Waals surface area (Å²) >= 11 is 9.88. The van der Waals surface area contributed by atoms with Crippen LogP contribution in [0.5, 0.6) is 5.75 Å². The quantitative estimate of drug-likeness (QED) is 0.442. The second-order valence-corrected chi connectivity index (χ2v) is 7.53. The van der Waals surface area contributed by atoms with E-state index in [1.807, 2.05) is 48.5 Å². The minimum Gasteiger partial charge on any atom is -0.489 e. The van der Waals surface area contributed by atoms with E-state index in [1.54, 1.807) is 6.20 Å². The van der Waals surface area contributed by atoms with Crippen molar-refractivity contribution in [3.63, 3.8) is 0 Å². The maximum atomic E-state index is 6.38. The van der Waals surface area contributed by atoms with Crippen molar-refractivity contribution >= 4 is 50.1 Å². The van der Waals surface area contributed by atoms with Gasteiger partial charge in [0.1, 0.15) is 12.4 Å². The Morgan fingerprint density at radius 3 is 2.96 bits per heavy atom. The van der Waals surface area contributed by atoms with E-state index in [-0.39, 0.29) is 0 Å². The summed E-state index contributed by atoms with van der Waals surface area (Å²) in [5.74, 6) is 2.28. The van der Waals surface area contributed by atoms with Crippen molar-refractivity contribution in [2.75, 3.05) is 18.1 Å². The van der Waals surface area contributed by atoms with Crippen LogP contribution in [0.15, 0.2) is 59.2 Å². The second kappa shape index (κ2) is 6.55. The zero-order valence-electron chi connectivity index (χ0n) is 14.1. The van der Waals surface area contributed by atoms with Crippen molar-refractivity contribution in [2.45, 2.75) is 0 Å². The zero-order valence-corrected chi connectivity index (χ0v) is 16.5. The topological polar surface area (TPSA) is 54.0 Å². The molecule has 0 saturated carbocycles. The molecule has 2 aromatic carbocycles. The van der Waals surface area contributed by atoms with Gasteiger partial charge in [0.25, 0.3) is 0 Å². The summed E-state index contributed by atoms with van der Waals surface area (Å²) in [5.41, 5.74) is 3.72. The fourth-order valence-electron chi connectivity index (χ4n) is 3.34. The average Bonchev–Trinajstić information content (AvgIpc) is 3.10. The third kappa shape index (κ3) is 2.85. The molecule has 0 radical (unpaired) electrons. The van der Waals surface area contributed by atoms with E-state index in [0.717, 1.165) is 44.1 Å².